The Bertz CT molecular complexity index is 1570. The van der Waals surface area contributed by atoms with Crippen molar-refractivity contribution in [3.05, 3.63) is 108 Å². The quantitative estimate of drug-likeness (QED) is 0.264. The van der Waals surface area contributed by atoms with Crippen molar-refractivity contribution in [1.29, 1.82) is 0 Å². The second-order valence-electron chi connectivity index (χ2n) is 9.41. The maximum Gasteiger partial charge on any atom is 0.136 e. The van der Waals surface area contributed by atoms with Gasteiger partial charge in [0.05, 0.1) is 0 Å². The van der Waals surface area contributed by atoms with E-state index < -0.39 is 0 Å². The van der Waals surface area contributed by atoms with E-state index in [-0.39, 0.29) is 5.41 Å². The normalized spacial score (nSPS) is 14.4. The Kier molecular flexibility index (Phi) is 3.40. The maximum atomic E-state index is 6.39. The van der Waals surface area contributed by atoms with Crippen molar-refractivity contribution in [3.8, 4) is 44.9 Å². The van der Waals surface area contributed by atoms with Crippen LogP contribution < -0.4 is 4.74 Å². The first-order valence-electron chi connectivity index (χ1n) is 11.2. The molecule has 7 rings (SSSR count). The Morgan fingerprint density at radius 2 is 1.28 bits per heavy atom. The van der Waals surface area contributed by atoms with Gasteiger partial charge in [0.25, 0.3) is 0 Å². The van der Waals surface area contributed by atoms with E-state index in [1.54, 1.807) is 0 Å². The molecule has 0 saturated heterocycles. The molecular formula is C31H22O. The summed E-state index contributed by atoms with van der Waals surface area (Å²) in [6, 6.07) is 35.1. The van der Waals surface area contributed by atoms with Crippen LogP contribution in [0.1, 0.15) is 25.0 Å². The molecule has 0 amide bonds. The summed E-state index contributed by atoms with van der Waals surface area (Å²) in [6.07, 6.45) is 0. The summed E-state index contributed by atoms with van der Waals surface area (Å²) in [4.78, 5) is 0. The highest BCUT2D eigenvalue weighted by Gasteiger charge is 2.35. The van der Waals surface area contributed by atoms with Crippen LogP contribution in [0.4, 0.5) is 0 Å². The zero-order valence-electron chi connectivity index (χ0n) is 18.1. The molecular weight excluding hydrogens is 388 g/mol. The van der Waals surface area contributed by atoms with Crippen molar-refractivity contribution in [2.75, 3.05) is 0 Å². The van der Waals surface area contributed by atoms with E-state index >= 15 is 0 Å². The lowest BCUT2D eigenvalue weighted by Gasteiger charge is -2.23. The average molecular weight is 411 g/mol. The van der Waals surface area contributed by atoms with Gasteiger partial charge in [-0.05, 0) is 68.6 Å². The molecule has 5 aromatic carbocycles. The molecule has 0 saturated carbocycles. The van der Waals surface area contributed by atoms with Gasteiger partial charge in [-0.1, -0.05) is 86.6 Å². The number of hydrogen-bond acceptors (Lipinski definition) is 1. The molecule has 5 aromatic rings. The van der Waals surface area contributed by atoms with Crippen LogP contribution in [0.2, 0.25) is 0 Å². The highest BCUT2D eigenvalue weighted by Crippen LogP contribution is 2.51. The number of ether oxygens (including phenoxy) is 1. The van der Waals surface area contributed by atoms with Crippen LogP contribution in [0, 0.1) is 0 Å². The van der Waals surface area contributed by atoms with Crippen LogP contribution in [0.5, 0.6) is 11.5 Å². The minimum absolute atomic E-state index is 0.0293. The SMILES string of the molecule is CC1(C)c2ccccc2-c2cc(-c3cc4c5c(cccc5c3)-c3ccccc3O4)ccc21. The van der Waals surface area contributed by atoms with Crippen molar-refractivity contribution in [3.63, 3.8) is 0 Å². The van der Waals surface area contributed by atoms with Crippen LogP contribution in [-0.2, 0) is 5.41 Å². The van der Waals surface area contributed by atoms with Crippen LogP contribution in [0.15, 0.2) is 97.1 Å². The number of rotatable bonds is 1. The van der Waals surface area contributed by atoms with Crippen molar-refractivity contribution in [1.82, 2.24) is 0 Å². The molecule has 152 valence electrons. The molecule has 1 aliphatic carbocycles. The second kappa shape index (κ2) is 6.11. The van der Waals surface area contributed by atoms with Gasteiger partial charge in [0.2, 0.25) is 0 Å². The van der Waals surface area contributed by atoms with Gasteiger partial charge in [0, 0.05) is 16.4 Å². The van der Waals surface area contributed by atoms with Gasteiger partial charge in [-0.25, -0.2) is 0 Å². The predicted molar refractivity (Wildman–Crippen MR) is 132 cm³/mol. The Hall–Kier alpha value is -3.84. The number of hydrogen-bond donors (Lipinski definition) is 0. The van der Waals surface area contributed by atoms with E-state index in [0.717, 1.165) is 17.1 Å². The van der Waals surface area contributed by atoms with E-state index in [9.17, 15) is 0 Å². The molecule has 2 aliphatic rings. The molecule has 0 aromatic heterocycles. The van der Waals surface area contributed by atoms with Gasteiger partial charge in [0.15, 0.2) is 0 Å². The first-order chi connectivity index (χ1) is 15.6. The molecule has 1 aliphatic heterocycles. The zero-order valence-corrected chi connectivity index (χ0v) is 18.1. The van der Waals surface area contributed by atoms with Crippen molar-refractivity contribution >= 4 is 10.8 Å². The fourth-order valence-corrected chi connectivity index (χ4v) is 5.66. The van der Waals surface area contributed by atoms with Gasteiger partial charge in [-0.3, -0.25) is 0 Å². The third-order valence-electron chi connectivity index (χ3n) is 7.25. The summed E-state index contributed by atoms with van der Waals surface area (Å²) in [5, 5.41) is 2.41. The summed E-state index contributed by atoms with van der Waals surface area (Å²) in [7, 11) is 0. The Balaban J connectivity index is 1.45. The van der Waals surface area contributed by atoms with Crippen LogP contribution in [0.3, 0.4) is 0 Å². The molecule has 1 nitrogen and oxygen atoms in total. The summed E-state index contributed by atoms with van der Waals surface area (Å²) >= 11 is 0. The predicted octanol–water partition coefficient (Wildman–Crippen LogP) is 8.59. The zero-order chi connectivity index (χ0) is 21.4. The highest BCUT2D eigenvalue weighted by atomic mass is 16.5. The van der Waals surface area contributed by atoms with E-state index in [1.165, 1.54) is 49.7 Å². The minimum atomic E-state index is 0.0293. The molecule has 1 heteroatoms. The van der Waals surface area contributed by atoms with Crippen molar-refractivity contribution < 1.29 is 4.74 Å². The molecule has 0 fully saturated rings. The smallest absolute Gasteiger partial charge is 0.136 e. The van der Waals surface area contributed by atoms with Gasteiger partial charge >= 0.3 is 0 Å². The van der Waals surface area contributed by atoms with Crippen molar-refractivity contribution in [2.24, 2.45) is 0 Å². The minimum Gasteiger partial charge on any atom is -0.456 e. The Morgan fingerprint density at radius 1 is 0.531 bits per heavy atom. The van der Waals surface area contributed by atoms with Crippen LogP contribution >= 0.6 is 0 Å². The fourth-order valence-electron chi connectivity index (χ4n) is 5.66. The third-order valence-corrected chi connectivity index (χ3v) is 7.25. The third kappa shape index (κ3) is 2.28. The Labute approximate surface area is 187 Å². The highest BCUT2D eigenvalue weighted by molar-refractivity contribution is 6.06. The van der Waals surface area contributed by atoms with E-state index in [0.29, 0.717) is 0 Å². The first kappa shape index (κ1) is 17.8. The lowest BCUT2D eigenvalue weighted by molar-refractivity contribution is 0.487. The van der Waals surface area contributed by atoms with Gasteiger partial charge in [-0.15, -0.1) is 0 Å². The van der Waals surface area contributed by atoms with E-state index in [2.05, 4.69) is 105 Å². The van der Waals surface area contributed by atoms with Gasteiger partial charge in [0.1, 0.15) is 11.5 Å². The van der Waals surface area contributed by atoms with Gasteiger partial charge < -0.3 is 4.74 Å². The summed E-state index contributed by atoms with van der Waals surface area (Å²) in [6.45, 7) is 4.65. The number of para-hydroxylation sites is 1. The molecule has 0 radical (unpaired) electrons. The fraction of sp³-hybridized carbons (Fsp3) is 0.0968. The summed E-state index contributed by atoms with van der Waals surface area (Å²) in [5.74, 6) is 1.86. The number of benzene rings is 5. The van der Waals surface area contributed by atoms with Crippen LogP contribution in [0.25, 0.3) is 44.2 Å². The average Bonchev–Trinajstić information content (AvgIpc) is 3.06. The Morgan fingerprint density at radius 3 is 2.19 bits per heavy atom. The lowest BCUT2D eigenvalue weighted by Crippen LogP contribution is -2.14. The largest absolute Gasteiger partial charge is 0.456 e. The molecule has 0 N–H and O–H groups in total. The topological polar surface area (TPSA) is 9.23 Å². The van der Waals surface area contributed by atoms with E-state index in [1.807, 2.05) is 6.07 Å². The molecule has 0 atom stereocenters. The van der Waals surface area contributed by atoms with E-state index in [4.69, 9.17) is 4.74 Å². The summed E-state index contributed by atoms with van der Waals surface area (Å²) in [5.41, 5.74) is 10.4. The van der Waals surface area contributed by atoms with Crippen molar-refractivity contribution in [2.45, 2.75) is 19.3 Å². The molecule has 0 spiro atoms. The molecule has 0 bridgehead atoms. The molecule has 32 heavy (non-hydrogen) atoms. The lowest BCUT2D eigenvalue weighted by atomic mass is 9.82. The standard InChI is InChI=1S/C31H22O/c1-31(2)26-12-5-3-9-22(26)25-17-19(14-15-27(25)31)21-16-20-8-7-11-24-23-10-4-6-13-28(23)32-29(18-21)30(20)24/h3-18H,1-2H3. The maximum absolute atomic E-state index is 6.39. The second-order valence-corrected chi connectivity index (χ2v) is 9.41. The molecule has 0 unspecified atom stereocenters. The molecule has 1 heterocycles. The number of fused-ring (bicyclic) bond motifs is 5. The monoisotopic (exact) mass is 410 g/mol. The van der Waals surface area contributed by atoms with Crippen LogP contribution in [-0.4, -0.2) is 0 Å². The first-order valence-corrected chi connectivity index (χ1v) is 11.2. The van der Waals surface area contributed by atoms with Gasteiger partial charge in [-0.2, -0.15) is 0 Å². The summed E-state index contributed by atoms with van der Waals surface area (Å²) < 4.78 is 6.39.